The summed E-state index contributed by atoms with van der Waals surface area (Å²) in [5, 5.41) is 65.7. The van der Waals surface area contributed by atoms with Crippen LogP contribution < -0.4 is 33.6 Å². The van der Waals surface area contributed by atoms with Crippen LogP contribution >= 0.6 is 0 Å². The summed E-state index contributed by atoms with van der Waals surface area (Å²) in [6.45, 7) is 0.439. The first-order valence-electron chi connectivity index (χ1n) is 8.67. The number of rotatable bonds is 5. The van der Waals surface area contributed by atoms with E-state index in [1.54, 1.807) is 0 Å². The van der Waals surface area contributed by atoms with E-state index in [9.17, 15) is 30.6 Å². The number of hydrogen-bond acceptors (Lipinski definition) is 12. The molecule has 0 aliphatic heterocycles. The Labute approximate surface area is 151 Å². The number of aliphatic hydroxyl groups is 6. The quantitative estimate of drug-likeness (QED) is 0.199. The van der Waals surface area contributed by atoms with Crippen LogP contribution in [0.15, 0.2) is 0 Å². The summed E-state index contributed by atoms with van der Waals surface area (Å²) < 4.78 is 0. The molecule has 8 atom stereocenters. The molecule has 8 unspecified atom stereocenters. The molecule has 0 aromatic rings. The van der Waals surface area contributed by atoms with Gasteiger partial charge in [0.25, 0.3) is 0 Å². The first-order chi connectivity index (χ1) is 12.1. The highest BCUT2D eigenvalue weighted by molar-refractivity contribution is 5.07. The van der Waals surface area contributed by atoms with Gasteiger partial charge in [0.1, 0.15) is 0 Å². The molecule has 0 amide bonds. The van der Waals surface area contributed by atoms with Gasteiger partial charge in [0.05, 0.1) is 72.9 Å². The zero-order valence-corrected chi connectivity index (χ0v) is 14.3. The van der Waals surface area contributed by atoms with Crippen LogP contribution in [-0.2, 0) is 0 Å². The minimum atomic E-state index is -1.22. The second-order valence-electron chi connectivity index (χ2n) is 7.21. The summed E-state index contributed by atoms with van der Waals surface area (Å²) >= 11 is 0. The number of hydrogen-bond donors (Lipinski definition) is 12. The molecule has 2 saturated carbocycles. The van der Waals surface area contributed by atoms with Gasteiger partial charge in [-0.3, -0.25) is 0 Å². The van der Waals surface area contributed by atoms with Crippen LogP contribution in [0.2, 0.25) is 0 Å². The van der Waals surface area contributed by atoms with Crippen molar-refractivity contribution >= 4 is 0 Å². The highest BCUT2D eigenvalue weighted by Gasteiger charge is 2.47. The topological polar surface area (TPSA) is 250 Å². The first kappa shape index (κ1) is 21.8. The lowest BCUT2D eigenvalue weighted by Gasteiger charge is -2.44. The molecule has 2 aliphatic rings. The van der Waals surface area contributed by atoms with Crippen LogP contribution in [0.5, 0.6) is 0 Å². The Morgan fingerprint density at radius 3 is 0.923 bits per heavy atom. The van der Waals surface area contributed by atoms with Crippen molar-refractivity contribution < 1.29 is 30.6 Å². The lowest BCUT2D eigenvalue weighted by molar-refractivity contribution is -0.0833. The zero-order chi connectivity index (χ0) is 19.8. The Bertz CT molecular complexity index is 392. The maximum Gasteiger partial charge on any atom is 0.0895 e. The molecule has 16 N–H and O–H groups in total. The molecule has 0 bridgehead atoms. The Morgan fingerprint density at radius 1 is 0.462 bits per heavy atom. The Balaban J connectivity index is 1.86. The molecule has 2 rings (SSSR count). The highest BCUT2D eigenvalue weighted by Crippen LogP contribution is 2.20. The third-order valence-corrected chi connectivity index (χ3v) is 5.51. The van der Waals surface area contributed by atoms with Crippen molar-refractivity contribution in [3.8, 4) is 0 Å². The average molecular weight is 380 g/mol. The van der Waals surface area contributed by atoms with Crippen molar-refractivity contribution in [2.45, 2.75) is 72.9 Å². The molecule has 12 heteroatoms. The van der Waals surface area contributed by atoms with Crippen molar-refractivity contribution in [1.82, 2.24) is 10.6 Å². The minimum Gasteiger partial charge on any atom is -0.390 e. The number of nitrogens with two attached hydrogens (primary N) is 4. The molecule has 0 aromatic heterocycles. The second-order valence-corrected chi connectivity index (χ2v) is 7.21. The molecule has 12 nitrogen and oxygen atoms in total. The van der Waals surface area contributed by atoms with Gasteiger partial charge in [-0.25, -0.2) is 0 Å². The largest absolute Gasteiger partial charge is 0.390 e. The normalized spacial score (nSPS) is 52.8. The molecule has 0 saturated heterocycles. The standard InChI is InChI=1S/C14H32N6O6/c15-3-9(21)4(16)12(24)7(11(3)23)19-1-2-20-8-13(25)5(17)10(22)6(18)14(8)26/h3-14,19-26H,1-2,15-18H2. The van der Waals surface area contributed by atoms with E-state index in [2.05, 4.69) is 10.6 Å². The van der Waals surface area contributed by atoms with Crippen molar-refractivity contribution in [2.24, 2.45) is 22.9 Å². The summed E-state index contributed by atoms with van der Waals surface area (Å²) in [4.78, 5) is 0. The lowest BCUT2D eigenvalue weighted by atomic mass is 9.80. The molecule has 0 spiro atoms. The molecule has 0 heterocycles. The Morgan fingerprint density at radius 2 is 0.692 bits per heavy atom. The van der Waals surface area contributed by atoms with Gasteiger partial charge >= 0.3 is 0 Å². The maximum atomic E-state index is 10.1. The predicted octanol–water partition coefficient (Wildman–Crippen LogP) is -7.60. The van der Waals surface area contributed by atoms with E-state index < -0.39 is 72.9 Å². The minimum absolute atomic E-state index is 0.220. The fourth-order valence-electron chi connectivity index (χ4n) is 3.64. The fourth-order valence-corrected chi connectivity index (χ4v) is 3.64. The predicted molar refractivity (Wildman–Crippen MR) is 91.5 cm³/mol. The molecule has 2 aliphatic carbocycles. The SMILES string of the molecule is NC1C(O)C(N)C(O)C(NCCNC2C(O)C(N)C(O)C(N)C2O)C1O. The molecular formula is C14H32N6O6. The fraction of sp³-hybridized carbons (Fsp3) is 1.00. The summed E-state index contributed by atoms with van der Waals surface area (Å²) in [5.74, 6) is 0. The van der Waals surface area contributed by atoms with E-state index >= 15 is 0 Å². The van der Waals surface area contributed by atoms with Gasteiger partial charge in [-0.2, -0.15) is 0 Å². The van der Waals surface area contributed by atoms with Gasteiger partial charge in [0.15, 0.2) is 0 Å². The van der Waals surface area contributed by atoms with Gasteiger partial charge < -0.3 is 64.2 Å². The van der Waals surface area contributed by atoms with Gasteiger partial charge in [-0.15, -0.1) is 0 Å². The monoisotopic (exact) mass is 380 g/mol. The van der Waals surface area contributed by atoms with Gasteiger partial charge in [-0.05, 0) is 0 Å². The van der Waals surface area contributed by atoms with Crippen LogP contribution in [0.3, 0.4) is 0 Å². The molecular weight excluding hydrogens is 348 g/mol. The first-order valence-corrected chi connectivity index (χ1v) is 8.67. The van der Waals surface area contributed by atoms with E-state index in [-0.39, 0.29) is 13.1 Å². The summed E-state index contributed by atoms with van der Waals surface area (Å²) in [6.07, 6.45) is -7.27. The summed E-state index contributed by atoms with van der Waals surface area (Å²) in [7, 11) is 0. The molecule has 154 valence electrons. The van der Waals surface area contributed by atoms with Crippen LogP contribution in [0.1, 0.15) is 0 Å². The molecule has 0 aromatic carbocycles. The third kappa shape index (κ3) is 4.01. The van der Waals surface area contributed by atoms with E-state index in [1.807, 2.05) is 0 Å². The van der Waals surface area contributed by atoms with Gasteiger partial charge in [0, 0.05) is 13.1 Å². The number of aliphatic hydroxyl groups excluding tert-OH is 6. The van der Waals surface area contributed by atoms with E-state index in [0.717, 1.165) is 0 Å². The van der Waals surface area contributed by atoms with Crippen LogP contribution in [0, 0.1) is 0 Å². The summed E-state index contributed by atoms with van der Waals surface area (Å²) in [6, 6.07) is -5.70. The van der Waals surface area contributed by atoms with E-state index in [4.69, 9.17) is 22.9 Å². The second kappa shape index (κ2) is 8.68. The molecule has 26 heavy (non-hydrogen) atoms. The average Bonchev–Trinajstić information content (AvgIpc) is 2.63. The van der Waals surface area contributed by atoms with Crippen LogP contribution in [-0.4, -0.2) is 117 Å². The maximum absolute atomic E-state index is 10.1. The van der Waals surface area contributed by atoms with Crippen molar-refractivity contribution in [3.05, 3.63) is 0 Å². The summed E-state index contributed by atoms with van der Waals surface area (Å²) in [5.41, 5.74) is 22.8. The Hall–Kier alpha value is -0.480. The van der Waals surface area contributed by atoms with Crippen molar-refractivity contribution in [3.63, 3.8) is 0 Å². The van der Waals surface area contributed by atoms with E-state index in [0.29, 0.717) is 0 Å². The van der Waals surface area contributed by atoms with Crippen molar-refractivity contribution in [2.75, 3.05) is 13.1 Å². The van der Waals surface area contributed by atoms with E-state index in [1.165, 1.54) is 0 Å². The lowest BCUT2D eigenvalue weighted by Crippen LogP contribution is -2.73. The smallest absolute Gasteiger partial charge is 0.0895 e. The highest BCUT2D eigenvalue weighted by atomic mass is 16.3. The Kier molecular flexibility index (Phi) is 7.29. The zero-order valence-electron chi connectivity index (χ0n) is 14.3. The van der Waals surface area contributed by atoms with Gasteiger partial charge in [0.2, 0.25) is 0 Å². The third-order valence-electron chi connectivity index (χ3n) is 5.51. The van der Waals surface area contributed by atoms with Crippen LogP contribution in [0.4, 0.5) is 0 Å². The molecule has 0 radical (unpaired) electrons. The number of nitrogens with one attached hydrogen (secondary N) is 2. The van der Waals surface area contributed by atoms with Gasteiger partial charge in [-0.1, -0.05) is 0 Å². The molecule has 2 fully saturated rings. The van der Waals surface area contributed by atoms with Crippen LogP contribution in [0.25, 0.3) is 0 Å². The van der Waals surface area contributed by atoms with Crippen molar-refractivity contribution in [1.29, 1.82) is 0 Å².